The van der Waals surface area contributed by atoms with Crippen molar-refractivity contribution in [1.29, 1.82) is 0 Å². The van der Waals surface area contributed by atoms with E-state index in [4.69, 9.17) is 9.47 Å². The lowest BCUT2D eigenvalue weighted by Gasteiger charge is -2.50. The van der Waals surface area contributed by atoms with Crippen molar-refractivity contribution in [2.45, 2.75) is 44.6 Å². The molecule has 4 rings (SSSR count). The van der Waals surface area contributed by atoms with E-state index in [0.29, 0.717) is 6.42 Å². The van der Waals surface area contributed by atoms with Gasteiger partial charge in [0.25, 0.3) is 0 Å². The van der Waals surface area contributed by atoms with E-state index in [2.05, 4.69) is 4.98 Å². The summed E-state index contributed by atoms with van der Waals surface area (Å²) >= 11 is 0. The first-order valence-electron chi connectivity index (χ1n) is 9.62. The van der Waals surface area contributed by atoms with Crippen LogP contribution in [0.3, 0.4) is 0 Å². The van der Waals surface area contributed by atoms with Crippen LogP contribution in [-0.2, 0) is 20.7 Å². The van der Waals surface area contributed by atoms with Crippen molar-refractivity contribution in [2.75, 3.05) is 32.9 Å². The Morgan fingerprint density at radius 1 is 1.36 bits per heavy atom. The van der Waals surface area contributed by atoms with Crippen LogP contribution in [0.15, 0.2) is 24.4 Å². The number of fused-ring (bicyclic) bond motifs is 1. The molecule has 2 saturated heterocycles. The maximum absolute atomic E-state index is 12.8. The predicted molar refractivity (Wildman–Crippen MR) is 94.1 cm³/mol. The molecule has 136 valence electrons. The Balaban J connectivity index is 1.40. The van der Waals surface area contributed by atoms with Gasteiger partial charge >= 0.3 is 0 Å². The fraction of sp³-hybridized carbons (Fsp3) is 0.700. The molecule has 0 aromatic carbocycles. The highest BCUT2D eigenvalue weighted by atomic mass is 16.5. The van der Waals surface area contributed by atoms with Crippen molar-refractivity contribution in [3.8, 4) is 0 Å². The third-order valence-electron chi connectivity index (χ3n) is 5.84. The highest BCUT2D eigenvalue weighted by Crippen LogP contribution is 2.41. The van der Waals surface area contributed by atoms with Crippen molar-refractivity contribution in [3.05, 3.63) is 30.1 Å². The average molecular weight is 344 g/mol. The third-order valence-corrected chi connectivity index (χ3v) is 5.84. The molecule has 1 aromatic heterocycles. The fourth-order valence-electron chi connectivity index (χ4n) is 4.20. The van der Waals surface area contributed by atoms with Crippen molar-refractivity contribution < 1.29 is 14.3 Å². The minimum Gasteiger partial charge on any atom is -0.380 e. The van der Waals surface area contributed by atoms with Gasteiger partial charge in [-0.3, -0.25) is 9.78 Å². The highest BCUT2D eigenvalue weighted by molar-refractivity contribution is 5.78. The largest absolute Gasteiger partial charge is 0.380 e. The van der Waals surface area contributed by atoms with E-state index in [-0.39, 0.29) is 17.4 Å². The normalized spacial score (nSPS) is 29.3. The molecular formula is C20H28N2O3. The van der Waals surface area contributed by atoms with Crippen molar-refractivity contribution in [3.63, 3.8) is 0 Å². The zero-order valence-corrected chi connectivity index (χ0v) is 14.9. The molecule has 0 spiro atoms. The Kier molecular flexibility index (Phi) is 5.04. The maximum atomic E-state index is 12.8. The third kappa shape index (κ3) is 4.04. The molecule has 3 fully saturated rings. The summed E-state index contributed by atoms with van der Waals surface area (Å²) < 4.78 is 12.1. The van der Waals surface area contributed by atoms with Gasteiger partial charge in [-0.1, -0.05) is 6.07 Å². The fourth-order valence-corrected chi connectivity index (χ4v) is 4.20. The molecule has 1 amide bonds. The molecule has 0 unspecified atom stereocenters. The summed E-state index contributed by atoms with van der Waals surface area (Å²) in [6.07, 6.45) is 8.05. The molecular weight excluding hydrogens is 316 g/mol. The quantitative estimate of drug-likeness (QED) is 0.795. The van der Waals surface area contributed by atoms with Crippen LogP contribution in [0.5, 0.6) is 0 Å². The van der Waals surface area contributed by atoms with Gasteiger partial charge in [0, 0.05) is 43.6 Å². The van der Waals surface area contributed by atoms with Crippen molar-refractivity contribution >= 4 is 5.91 Å². The first-order chi connectivity index (χ1) is 12.3. The zero-order valence-electron chi connectivity index (χ0n) is 14.9. The number of hydrogen-bond acceptors (Lipinski definition) is 4. The smallest absolute Gasteiger partial charge is 0.228 e. The van der Waals surface area contributed by atoms with Crippen LogP contribution in [0.2, 0.25) is 0 Å². The minimum atomic E-state index is -0.0227. The summed E-state index contributed by atoms with van der Waals surface area (Å²) in [7, 11) is 0. The second kappa shape index (κ2) is 7.42. The summed E-state index contributed by atoms with van der Waals surface area (Å²) in [6.45, 7) is 3.98. The van der Waals surface area contributed by atoms with Crippen LogP contribution in [0.4, 0.5) is 0 Å². The lowest BCUT2D eigenvalue weighted by atomic mass is 9.73. The van der Waals surface area contributed by atoms with Crippen LogP contribution in [0.25, 0.3) is 0 Å². The van der Waals surface area contributed by atoms with E-state index in [1.807, 2.05) is 23.1 Å². The molecule has 2 atom stereocenters. The molecule has 5 nitrogen and oxygen atoms in total. The van der Waals surface area contributed by atoms with Gasteiger partial charge in [0.1, 0.15) is 0 Å². The molecule has 2 aliphatic heterocycles. The number of piperidine rings is 1. The number of amides is 1. The standard InChI is InChI=1S/C20H28N2O3/c23-19(12-17-4-1-2-9-21-17)22-10-7-18-20(14-22,8-3-11-25-18)15-24-13-16-5-6-16/h1-2,4,9,16,18H,3,5-8,10-15H2/t18-,20-/m0/s1. The first-order valence-corrected chi connectivity index (χ1v) is 9.62. The summed E-state index contributed by atoms with van der Waals surface area (Å²) in [6, 6.07) is 5.73. The summed E-state index contributed by atoms with van der Waals surface area (Å²) in [5.41, 5.74) is 0.819. The van der Waals surface area contributed by atoms with Gasteiger partial charge in [0.2, 0.25) is 5.91 Å². The van der Waals surface area contributed by atoms with Gasteiger partial charge in [-0.2, -0.15) is 0 Å². The molecule has 5 heteroatoms. The highest BCUT2D eigenvalue weighted by Gasteiger charge is 2.47. The topological polar surface area (TPSA) is 51.7 Å². The molecule has 1 aromatic rings. The number of carbonyl (C=O) groups excluding carboxylic acids is 1. The van der Waals surface area contributed by atoms with Gasteiger partial charge < -0.3 is 14.4 Å². The second-order valence-corrected chi connectivity index (χ2v) is 7.89. The predicted octanol–water partition coefficient (Wildman–Crippen LogP) is 2.45. The Hall–Kier alpha value is -1.46. The molecule has 3 aliphatic rings. The van der Waals surface area contributed by atoms with Crippen molar-refractivity contribution in [1.82, 2.24) is 9.88 Å². The van der Waals surface area contributed by atoms with E-state index >= 15 is 0 Å². The Morgan fingerprint density at radius 2 is 2.28 bits per heavy atom. The molecule has 3 heterocycles. The summed E-state index contributed by atoms with van der Waals surface area (Å²) in [5, 5.41) is 0. The minimum absolute atomic E-state index is 0.0227. The molecule has 0 bridgehead atoms. The molecule has 1 saturated carbocycles. The number of pyridine rings is 1. The van der Waals surface area contributed by atoms with E-state index in [1.54, 1.807) is 6.20 Å². The zero-order chi connectivity index (χ0) is 17.1. The summed E-state index contributed by atoms with van der Waals surface area (Å²) in [5.74, 6) is 0.939. The number of ether oxygens (including phenoxy) is 2. The van der Waals surface area contributed by atoms with Crippen molar-refractivity contribution in [2.24, 2.45) is 11.3 Å². The maximum Gasteiger partial charge on any atom is 0.228 e. The van der Waals surface area contributed by atoms with E-state index in [1.165, 1.54) is 12.8 Å². The number of aromatic nitrogens is 1. The van der Waals surface area contributed by atoms with Crippen LogP contribution in [0.1, 0.15) is 37.8 Å². The monoisotopic (exact) mass is 344 g/mol. The molecule has 25 heavy (non-hydrogen) atoms. The van der Waals surface area contributed by atoms with Crippen LogP contribution in [-0.4, -0.2) is 54.8 Å². The number of nitrogens with zero attached hydrogens (tertiary/aromatic N) is 2. The Bertz CT molecular complexity index is 590. The number of likely N-dealkylation sites (tertiary alicyclic amines) is 1. The van der Waals surface area contributed by atoms with Gasteiger partial charge in [-0.25, -0.2) is 0 Å². The molecule has 1 aliphatic carbocycles. The van der Waals surface area contributed by atoms with Crippen LogP contribution in [0, 0.1) is 11.3 Å². The molecule has 0 radical (unpaired) electrons. The van der Waals surface area contributed by atoms with E-state index in [0.717, 1.165) is 63.8 Å². The van der Waals surface area contributed by atoms with Gasteiger partial charge in [0.15, 0.2) is 0 Å². The molecule has 0 N–H and O–H groups in total. The van der Waals surface area contributed by atoms with E-state index < -0.39 is 0 Å². The van der Waals surface area contributed by atoms with Gasteiger partial charge in [-0.05, 0) is 50.2 Å². The Morgan fingerprint density at radius 3 is 3.08 bits per heavy atom. The lowest BCUT2D eigenvalue weighted by Crippen LogP contribution is -2.58. The first kappa shape index (κ1) is 17.0. The van der Waals surface area contributed by atoms with E-state index in [9.17, 15) is 4.79 Å². The number of carbonyl (C=O) groups is 1. The average Bonchev–Trinajstić information content (AvgIpc) is 3.46. The SMILES string of the molecule is O=C(Cc1ccccn1)N1CC[C@@H]2OCCC[C@@]2(COCC2CC2)C1. The Labute approximate surface area is 149 Å². The van der Waals surface area contributed by atoms with Gasteiger partial charge in [0.05, 0.1) is 19.1 Å². The van der Waals surface area contributed by atoms with Gasteiger partial charge in [-0.15, -0.1) is 0 Å². The number of rotatable bonds is 6. The summed E-state index contributed by atoms with van der Waals surface area (Å²) in [4.78, 5) is 19.1. The second-order valence-electron chi connectivity index (χ2n) is 7.89. The van der Waals surface area contributed by atoms with Crippen LogP contribution < -0.4 is 0 Å². The number of hydrogen-bond donors (Lipinski definition) is 0. The lowest BCUT2D eigenvalue weighted by molar-refractivity contribution is -0.164. The van der Waals surface area contributed by atoms with Crippen LogP contribution >= 0.6 is 0 Å².